The van der Waals surface area contributed by atoms with Crippen molar-refractivity contribution in [3.05, 3.63) is 82.2 Å². The van der Waals surface area contributed by atoms with E-state index in [2.05, 4.69) is 20.0 Å². The molecule has 5 aromatic rings. The number of hydrogen-bond donors (Lipinski definition) is 4. The molecule has 3 aromatic carbocycles. The monoisotopic (exact) mass is 878 g/mol. The molecule has 0 spiro atoms. The van der Waals surface area contributed by atoms with Crippen LogP contribution >= 0.6 is 42.1 Å². The van der Waals surface area contributed by atoms with E-state index in [1.807, 2.05) is 89.5 Å². The number of nitrogen functional groups attached to an aromatic ring is 1. The second-order valence-corrected chi connectivity index (χ2v) is 16.2. The third-order valence-electron chi connectivity index (χ3n) is 8.81. The number of methoxy groups -OCH3 is 1. The molecule has 1 aliphatic rings. The number of halogens is 1. The van der Waals surface area contributed by atoms with Crippen molar-refractivity contribution < 1.29 is 42.8 Å². The van der Waals surface area contributed by atoms with Crippen LogP contribution in [0.15, 0.2) is 72.8 Å². The van der Waals surface area contributed by atoms with Gasteiger partial charge < -0.3 is 34.7 Å². The fourth-order valence-electron chi connectivity index (χ4n) is 6.02. The van der Waals surface area contributed by atoms with Crippen molar-refractivity contribution in [2.45, 2.75) is 56.5 Å². The Balaban J connectivity index is 1.30. The van der Waals surface area contributed by atoms with Crippen LogP contribution in [0.25, 0.3) is 21.9 Å². The van der Waals surface area contributed by atoms with Crippen LogP contribution in [0.5, 0.6) is 11.6 Å². The van der Waals surface area contributed by atoms with E-state index in [1.54, 1.807) is 19.1 Å². The quantitative estimate of drug-likeness (QED) is 0.0450. The first-order valence-electron chi connectivity index (χ1n) is 16.6. The predicted octanol–water partition coefficient (Wildman–Crippen LogP) is 5.40. The third-order valence-corrected chi connectivity index (χ3v) is 11.8. The van der Waals surface area contributed by atoms with Gasteiger partial charge in [-0.15, -0.1) is 0 Å². The highest BCUT2D eigenvalue weighted by Crippen LogP contribution is 2.49. The van der Waals surface area contributed by atoms with Crippen LogP contribution in [0.3, 0.4) is 0 Å². The Labute approximate surface area is 323 Å². The molecular weight excluding hydrogens is 838 g/mol. The van der Waals surface area contributed by atoms with Crippen molar-refractivity contribution in [1.29, 1.82) is 0 Å². The summed E-state index contributed by atoms with van der Waals surface area (Å²) < 4.78 is 46.3. The number of carbonyl (C=O) groups excluding carboxylic acids is 1. The van der Waals surface area contributed by atoms with Crippen molar-refractivity contribution in [3.63, 3.8) is 0 Å². The standard InChI is InChI=1S/C35H40IN6O9PS/c1-20(21-11-6-5-7-12-21)49-31(44)24(17-18-53-4)41-52(46,51-25-16-10-14-22-13-8-9-15-23(22)25)48-19-26-28(43)35(2,45)32(50-26)42-29-27(38-33(42)36)30(47-3)40-34(37)39-29/h5-16,20,24,26,28,32,43,45H,17-19H2,1-4H3,(H,41,46)(H2,37,39,40)/t20-,24-,26+,28+,32+,35+,52?/m0/s1. The Morgan fingerprint density at radius 3 is 2.58 bits per heavy atom. The first-order chi connectivity index (χ1) is 25.3. The SMILES string of the molecule is COc1nc(N)nc2c1nc(I)n2[C@@H]1O[C@H](COP(=O)(N[C@@H](CCSC)C(=O)O[C@@H](C)c2ccccc2)Oc2cccc3ccccc23)[C@@H](O)[C@@]1(C)O. The van der Waals surface area contributed by atoms with E-state index < -0.39 is 56.5 Å². The van der Waals surface area contributed by atoms with Crippen molar-refractivity contribution in [2.75, 3.05) is 31.5 Å². The van der Waals surface area contributed by atoms with Crippen LogP contribution in [0.4, 0.5) is 5.95 Å². The molecule has 0 radical (unpaired) electrons. The van der Waals surface area contributed by atoms with Gasteiger partial charge in [0.25, 0.3) is 0 Å². The summed E-state index contributed by atoms with van der Waals surface area (Å²) in [6, 6.07) is 20.8. The largest absolute Gasteiger partial charge is 0.479 e. The van der Waals surface area contributed by atoms with Crippen LogP contribution in [0.1, 0.15) is 38.2 Å². The second-order valence-electron chi connectivity index (χ2n) is 12.5. The van der Waals surface area contributed by atoms with E-state index >= 15 is 0 Å². The minimum absolute atomic E-state index is 0.102. The maximum Gasteiger partial charge on any atom is 0.459 e. The third kappa shape index (κ3) is 8.42. The second kappa shape index (κ2) is 16.4. The lowest BCUT2D eigenvalue weighted by Crippen LogP contribution is -2.45. The number of hydrogen-bond acceptors (Lipinski definition) is 14. The molecule has 53 heavy (non-hydrogen) atoms. The van der Waals surface area contributed by atoms with Crippen molar-refractivity contribution in [2.24, 2.45) is 0 Å². The van der Waals surface area contributed by atoms with Gasteiger partial charge in [0, 0.05) is 28.0 Å². The average molecular weight is 879 g/mol. The zero-order valence-corrected chi connectivity index (χ0v) is 33.2. The average Bonchev–Trinajstić information content (AvgIpc) is 3.58. The van der Waals surface area contributed by atoms with Gasteiger partial charge in [0.05, 0.1) is 13.7 Å². The molecule has 2 aromatic heterocycles. The van der Waals surface area contributed by atoms with E-state index in [-0.39, 0.29) is 35.2 Å². The number of nitrogens with zero attached hydrogens (tertiary/aromatic N) is 4. The fraction of sp³-hybridized carbons (Fsp3) is 0.371. The number of aromatic nitrogens is 4. The summed E-state index contributed by atoms with van der Waals surface area (Å²) in [7, 11) is -3.07. The molecule has 1 fully saturated rings. The molecule has 3 heterocycles. The molecule has 18 heteroatoms. The summed E-state index contributed by atoms with van der Waals surface area (Å²) in [4.78, 5) is 26.5. The van der Waals surface area contributed by atoms with Gasteiger partial charge in [-0.2, -0.15) is 26.8 Å². The van der Waals surface area contributed by atoms with Gasteiger partial charge in [-0.3, -0.25) is 13.9 Å². The van der Waals surface area contributed by atoms with Gasteiger partial charge >= 0.3 is 13.7 Å². The minimum atomic E-state index is -4.48. The maximum absolute atomic E-state index is 14.9. The molecule has 0 bridgehead atoms. The summed E-state index contributed by atoms with van der Waals surface area (Å²) in [5, 5.41) is 27.4. The molecule has 1 unspecified atom stereocenters. The molecule has 0 amide bonds. The summed E-state index contributed by atoms with van der Waals surface area (Å²) in [6.07, 6.45) is -2.53. The minimum Gasteiger partial charge on any atom is -0.479 e. The number of aliphatic hydroxyl groups excluding tert-OH is 1. The number of imidazole rings is 1. The number of nitrogens with one attached hydrogen (secondary N) is 1. The van der Waals surface area contributed by atoms with Gasteiger partial charge in [0.1, 0.15) is 35.7 Å². The number of fused-ring (bicyclic) bond motifs is 2. The van der Waals surface area contributed by atoms with Gasteiger partial charge in [-0.05, 0) is 49.3 Å². The van der Waals surface area contributed by atoms with E-state index in [0.29, 0.717) is 15.0 Å². The number of esters is 1. The maximum atomic E-state index is 14.9. The van der Waals surface area contributed by atoms with Crippen LogP contribution in [-0.4, -0.2) is 85.3 Å². The normalized spacial score (nSPS) is 22.4. The highest BCUT2D eigenvalue weighted by molar-refractivity contribution is 14.1. The summed E-state index contributed by atoms with van der Waals surface area (Å²) in [5.74, 6) is 0.116. The smallest absolute Gasteiger partial charge is 0.459 e. The number of nitrogens with two attached hydrogens (primary N) is 1. The number of thioether (sulfide) groups is 1. The summed E-state index contributed by atoms with van der Waals surface area (Å²) >= 11 is 3.44. The fourth-order valence-corrected chi connectivity index (χ4v) is 8.77. The number of carbonyl (C=O) groups is 1. The zero-order valence-electron chi connectivity index (χ0n) is 29.3. The molecule has 15 nitrogen and oxygen atoms in total. The predicted molar refractivity (Wildman–Crippen MR) is 209 cm³/mol. The molecule has 0 saturated carbocycles. The zero-order chi connectivity index (χ0) is 37.9. The first-order valence-corrected chi connectivity index (χ1v) is 20.6. The molecule has 1 aliphatic heterocycles. The number of benzene rings is 3. The Bertz CT molecular complexity index is 2120. The van der Waals surface area contributed by atoms with Gasteiger partial charge in [-0.1, -0.05) is 66.7 Å². The number of aliphatic hydroxyl groups is 2. The van der Waals surface area contributed by atoms with Gasteiger partial charge in [0.15, 0.2) is 21.2 Å². The van der Waals surface area contributed by atoms with Crippen LogP contribution in [0, 0.1) is 3.83 Å². The number of ether oxygens (including phenoxy) is 3. The molecular formula is C35H40IN6O9PS. The van der Waals surface area contributed by atoms with Crippen LogP contribution in [-0.2, 0) is 23.4 Å². The molecule has 282 valence electrons. The van der Waals surface area contributed by atoms with Crippen molar-refractivity contribution in [1.82, 2.24) is 24.6 Å². The van der Waals surface area contributed by atoms with E-state index in [9.17, 15) is 19.6 Å². The van der Waals surface area contributed by atoms with Crippen molar-refractivity contribution in [3.8, 4) is 11.6 Å². The molecule has 0 aliphatic carbocycles. The first kappa shape index (κ1) is 39.2. The molecule has 6 rings (SSSR count). The number of rotatable bonds is 15. The van der Waals surface area contributed by atoms with E-state index in [0.717, 1.165) is 10.9 Å². The highest BCUT2D eigenvalue weighted by atomic mass is 127. The van der Waals surface area contributed by atoms with Crippen LogP contribution < -0.4 is 20.1 Å². The number of anilines is 1. The lowest BCUT2D eigenvalue weighted by atomic mass is 9.96. The van der Waals surface area contributed by atoms with E-state index in [4.69, 9.17) is 29.0 Å². The summed E-state index contributed by atoms with van der Waals surface area (Å²) in [6.45, 7) is 2.61. The van der Waals surface area contributed by atoms with Crippen molar-refractivity contribution >= 4 is 76.0 Å². The Hall–Kier alpha value is -3.55. The Morgan fingerprint density at radius 1 is 1.13 bits per heavy atom. The Kier molecular flexibility index (Phi) is 12.1. The topological polar surface area (TPSA) is 202 Å². The molecule has 5 N–H and O–H groups in total. The lowest BCUT2D eigenvalue weighted by molar-refractivity contribution is -0.150. The van der Waals surface area contributed by atoms with Gasteiger partial charge in [-0.25, -0.2) is 9.55 Å². The Morgan fingerprint density at radius 2 is 1.85 bits per heavy atom. The van der Waals surface area contributed by atoms with Gasteiger partial charge in [0.2, 0.25) is 11.8 Å². The van der Waals surface area contributed by atoms with Crippen LogP contribution in [0.2, 0.25) is 0 Å². The van der Waals surface area contributed by atoms with E-state index in [1.165, 1.54) is 30.4 Å². The lowest BCUT2D eigenvalue weighted by Gasteiger charge is -2.28. The molecule has 7 atom stereocenters. The highest BCUT2D eigenvalue weighted by Gasteiger charge is 2.55. The summed E-state index contributed by atoms with van der Waals surface area (Å²) in [5.41, 5.74) is 5.26. The molecule has 1 saturated heterocycles.